The third-order valence-corrected chi connectivity index (χ3v) is 4.02. The van der Waals surface area contributed by atoms with Crippen molar-refractivity contribution in [3.8, 4) is 0 Å². The molecule has 0 unspecified atom stereocenters. The molecule has 3 aromatic heterocycles. The molecule has 1 atom stereocenters. The van der Waals surface area contributed by atoms with Crippen molar-refractivity contribution in [3.63, 3.8) is 0 Å². The van der Waals surface area contributed by atoms with E-state index in [2.05, 4.69) is 30.6 Å². The maximum absolute atomic E-state index is 12.7. The number of amides is 1. The number of carbonyl (C=O) groups excluding carboxylic acids is 1. The zero-order chi connectivity index (χ0) is 18.7. The van der Waals surface area contributed by atoms with Gasteiger partial charge < -0.3 is 14.6 Å². The number of hydrogen-bond acceptors (Lipinski definition) is 7. The van der Waals surface area contributed by atoms with Crippen LogP contribution in [0.3, 0.4) is 0 Å². The largest absolute Gasteiger partial charge is 0.383 e. The first-order valence-electron chi connectivity index (χ1n) is 8.39. The van der Waals surface area contributed by atoms with Crippen LogP contribution in [-0.2, 0) is 11.3 Å². The predicted octanol–water partition coefficient (Wildman–Crippen LogP) is 0.977. The van der Waals surface area contributed by atoms with E-state index in [1.165, 1.54) is 6.33 Å². The highest BCUT2D eigenvalue weighted by Gasteiger charge is 2.20. The van der Waals surface area contributed by atoms with E-state index in [0.717, 1.165) is 5.69 Å². The summed E-state index contributed by atoms with van der Waals surface area (Å²) in [6.07, 6.45) is 3.05. The summed E-state index contributed by atoms with van der Waals surface area (Å²) in [5.41, 5.74) is 1.16. The lowest BCUT2D eigenvalue weighted by atomic mass is 10.1. The Bertz CT molecular complexity index is 901. The maximum atomic E-state index is 12.7. The predicted molar refractivity (Wildman–Crippen MR) is 92.7 cm³/mol. The van der Waals surface area contributed by atoms with Gasteiger partial charge in [-0.2, -0.15) is 10.1 Å². The minimum Gasteiger partial charge on any atom is -0.383 e. The summed E-state index contributed by atoms with van der Waals surface area (Å²) < 4.78 is 8.58. The number of hydrogen-bond donors (Lipinski definition) is 1. The highest BCUT2D eigenvalue weighted by Crippen LogP contribution is 2.16. The van der Waals surface area contributed by atoms with Crippen LogP contribution in [0, 0.1) is 0 Å². The molecule has 0 fully saturated rings. The average Bonchev–Trinajstić information content (AvgIpc) is 3.27. The van der Waals surface area contributed by atoms with Crippen molar-refractivity contribution < 1.29 is 9.53 Å². The van der Waals surface area contributed by atoms with Crippen LogP contribution in [0.15, 0.2) is 18.7 Å². The number of aromatic nitrogens is 7. The van der Waals surface area contributed by atoms with Gasteiger partial charge in [0.1, 0.15) is 18.3 Å². The van der Waals surface area contributed by atoms with Crippen LogP contribution in [0.4, 0.5) is 0 Å². The lowest BCUT2D eigenvalue weighted by molar-refractivity contribution is 0.0932. The second-order valence-electron chi connectivity index (χ2n) is 6.26. The molecule has 0 aromatic carbocycles. The van der Waals surface area contributed by atoms with Crippen molar-refractivity contribution in [1.29, 1.82) is 0 Å². The number of fused-ring (bicyclic) bond motifs is 1. The molecule has 10 heteroatoms. The van der Waals surface area contributed by atoms with Gasteiger partial charge >= 0.3 is 0 Å². The highest BCUT2D eigenvalue weighted by atomic mass is 16.5. The SMILES string of the molecule is COCCn1cnnc1[C@H](C)NC(=O)c1cc(C(C)C)n2ncnc2n1. The lowest BCUT2D eigenvalue weighted by Crippen LogP contribution is -2.30. The molecule has 1 amide bonds. The average molecular weight is 358 g/mol. The van der Waals surface area contributed by atoms with Crippen molar-refractivity contribution in [2.75, 3.05) is 13.7 Å². The van der Waals surface area contributed by atoms with E-state index in [0.29, 0.717) is 30.4 Å². The standard InChI is InChI=1S/C16H22N8O2/c1-10(2)13-7-12(21-16-17-8-19-24(13)16)15(25)20-11(3)14-22-18-9-23(14)5-6-26-4/h7-11H,5-6H2,1-4H3,(H,20,25)/t11-/m0/s1. The number of nitrogens with zero attached hydrogens (tertiary/aromatic N) is 7. The number of ether oxygens (including phenoxy) is 1. The van der Waals surface area contributed by atoms with E-state index in [1.54, 1.807) is 24.0 Å². The van der Waals surface area contributed by atoms with Gasteiger partial charge in [0.05, 0.1) is 18.3 Å². The fourth-order valence-corrected chi connectivity index (χ4v) is 2.66. The minimum atomic E-state index is -0.333. The summed E-state index contributed by atoms with van der Waals surface area (Å²) in [6.45, 7) is 7.05. The zero-order valence-electron chi connectivity index (χ0n) is 15.2. The van der Waals surface area contributed by atoms with E-state index < -0.39 is 0 Å². The lowest BCUT2D eigenvalue weighted by Gasteiger charge is -2.15. The summed E-state index contributed by atoms with van der Waals surface area (Å²) >= 11 is 0. The van der Waals surface area contributed by atoms with Crippen LogP contribution in [0.5, 0.6) is 0 Å². The Labute approximate surface area is 150 Å². The van der Waals surface area contributed by atoms with Gasteiger partial charge in [-0.05, 0) is 18.9 Å². The number of methoxy groups -OCH3 is 1. The topological polar surface area (TPSA) is 112 Å². The Morgan fingerprint density at radius 1 is 1.35 bits per heavy atom. The van der Waals surface area contributed by atoms with E-state index in [1.807, 2.05) is 25.3 Å². The number of rotatable bonds is 7. The van der Waals surface area contributed by atoms with E-state index in [9.17, 15) is 4.79 Å². The normalized spacial score (nSPS) is 12.7. The summed E-state index contributed by atoms with van der Waals surface area (Å²) in [4.78, 5) is 21.1. The number of carbonyl (C=O) groups is 1. The Morgan fingerprint density at radius 2 is 2.15 bits per heavy atom. The first-order chi connectivity index (χ1) is 12.5. The van der Waals surface area contributed by atoms with Crippen LogP contribution in [0.1, 0.15) is 54.7 Å². The molecule has 0 aliphatic heterocycles. The monoisotopic (exact) mass is 358 g/mol. The van der Waals surface area contributed by atoms with Crippen LogP contribution in [0.25, 0.3) is 5.78 Å². The summed E-state index contributed by atoms with van der Waals surface area (Å²) in [5, 5.41) is 15.1. The summed E-state index contributed by atoms with van der Waals surface area (Å²) in [7, 11) is 1.63. The molecule has 3 heterocycles. The van der Waals surface area contributed by atoms with Gasteiger partial charge in [0.15, 0.2) is 5.82 Å². The maximum Gasteiger partial charge on any atom is 0.270 e. The first kappa shape index (κ1) is 17.9. The highest BCUT2D eigenvalue weighted by molar-refractivity contribution is 5.93. The molecule has 3 aromatic rings. The van der Waals surface area contributed by atoms with E-state index >= 15 is 0 Å². The third-order valence-electron chi connectivity index (χ3n) is 4.02. The van der Waals surface area contributed by atoms with Gasteiger partial charge in [-0.1, -0.05) is 13.8 Å². The fraction of sp³-hybridized carbons (Fsp3) is 0.500. The molecule has 1 N–H and O–H groups in total. The second-order valence-corrected chi connectivity index (χ2v) is 6.26. The van der Waals surface area contributed by atoms with Crippen LogP contribution in [-0.4, -0.2) is 54.0 Å². The Hall–Kier alpha value is -2.88. The molecule has 138 valence electrons. The van der Waals surface area contributed by atoms with Gasteiger partial charge in [0.25, 0.3) is 11.7 Å². The Morgan fingerprint density at radius 3 is 2.88 bits per heavy atom. The summed E-state index contributed by atoms with van der Waals surface area (Å²) in [5.74, 6) is 0.926. The molecule has 0 spiro atoms. The van der Waals surface area contributed by atoms with Crippen LogP contribution < -0.4 is 5.32 Å². The second kappa shape index (κ2) is 7.56. The zero-order valence-corrected chi connectivity index (χ0v) is 15.2. The molecule has 0 saturated carbocycles. The summed E-state index contributed by atoms with van der Waals surface area (Å²) in [6, 6.07) is 1.41. The van der Waals surface area contributed by atoms with Crippen molar-refractivity contribution in [3.05, 3.63) is 35.9 Å². The van der Waals surface area contributed by atoms with Gasteiger partial charge in [0.2, 0.25) is 0 Å². The fourth-order valence-electron chi connectivity index (χ4n) is 2.66. The van der Waals surface area contributed by atoms with Gasteiger partial charge in [-0.3, -0.25) is 4.79 Å². The molecule has 0 radical (unpaired) electrons. The molecule has 0 aliphatic carbocycles. The van der Waals surface area contributed by atoms with E-state index in [-0.39, 0.29) is 17.9 Å². The minimum absolute atomic E-state index is 0.170. The van der Waals surface area contributed by atoms with Gasteiger partial charge in [0, 0.05) is 13.7 Å². The Balaban J connectivity index is 1.82. The molecule has 3 rings (SSSR count). The molecule has 0 bridgehead atoms. The molecular weight excluding hydrogens is 336 g/mol. The first-order valence-corrected chi connectivity index (χ1v) is 8.39. The van der Waals surface area contributed by atoms with Crippen LogP contribution >= 0.6 is 0 Å². The van der Waals surface area contributed by atoms with Crippen molar-refractivity contribution in [2.24, 2.45) is 0 Å². The van der Waals surface area contributed by atoms with Gasteiger partial charge in [-0.15, -0.1) is 10.2 Å². The van der Waals surface area contributed by atoms with E-state index in [4.69, 9.17) is 4.74 Å². The van der Waals surface area contributed by atoms with Crippen molar-refractivity contribution in [1.82, 2.24) is 39.7 Å². The van der Waals surface area contributed by atoms with Gasteiger partial charge in [-0.25, -0.2) is 9.50 Å². The van der Waals surface area contributed by atoms with Crippen LogP contribution in [0.2, 0.25) is 0 Å². The molecule has 10 nitrogen and oxygen atoms in total. The molecule has 26 heavy (non-hydrogen) atoms. The number of nitrogens with one attached hydrogen (secondary N) is 1. The van der Waals surface area contributed by atoms with Crippen molar-refractivity contribution in [2.45, 2.75) is 39.3 Å². The smallest absolute Gasteiger partial charge is 0.270 e. The molecule has 0 saturated heterocycles. The quantitative estimate of drug-likeness (QED) is 0.670. The molecule has 0 aliphatic rings. The third kappa shape index (κ3) is 3.54. The Kier molecular flexibility index (Phi) is 5.21. The van der Waals surface area contributed by atoms with Crippen molar-refractivity contribution >= 4 is 11.7 Å². The molecular formula is C16H22N8O2.